The topological polar surface area (TPSA) is 56.8 Å². The van der Waals surface area contributed by atoms with Crippen LogP contribution in [-0.2, 0) is 16.9 Å². The van der Waals surface area contributed by atoms with E-state index in [1.807, 2.05) is 42.5 Å². The number of carbonyl (C=O) groups excluding carboxylic acids is 1. The van der Waals surface area contributed by atoms with Gasteiger partial charge in [-0.15, -0.1) is 0 Å². The molecule has 0 saturated carbocycles. The van der Waals surface area contributed by atoms with Crippen molar-refractivity contribution in [1.82, 2.24) is 5.32 Å². The molecule has 3 aromatic carbocycles. The van der Waals surface area contributed by atoms with Crippen LogP contribution in [-0.4, -0.2) is 20.1 Å². The quantitative estimate of drug-likeness (QED) is 0.649. The summed E-state index contributed by atoms with van der Waals surface area (Å²) in [5.41, 5.74) is 3.50. The number of methoxy groups -OCH3 is 2. The standard InChI is InChI=1S/C27H27NO4/c1-17(29)28-27-23-15-13-21(31-3)16-19(23)10-14-24(27)26(18-8-11-20(30-2)12-9-18)22-6-4-5-7-25(22)32-27/h4-9,11-13,15-16,24,26H,10,14H2,1-3H3,(H,28,29)/t24-,26+,27-/m0/s1. The fourth-order valence-corrected chi connectivity index (χ4v) is 5.40. The Bertz CT molecular complexity index is 1160. The summed E-state index contributed by atoms with van der Waals surface area (Å²) in [7, 11) is 3.34. The molecule has 5 heteroatoms. The molecule has 3 atom stereocenters. The molecule has 2 aliphatic rings. The minimum atomic E-state index is -0.954. The highest BCUT2D eigenvalue weighted by atomic mass is 16.5. The van der Waals surface area contributed by atoms with Crippen LogP contribution in [0.1, 0.15) is 41.5 Å². The van der Waals surface area contributed by atoms with E-state index in [2.05, 4.69) is 29.6 Å². The van der Waals surface area contributed by atoms with Crippen LogP contribution in [0.15, 0.2) is 66.7 Å². The molecule has 0 unspecified atom stereocenters. The zero-order valence-electron chi connectivity index (χ0n) is 18.6. The summed E-state index contributed by atoms with van der Waals surface area (Å²) in [6.45, 7) is 1.55. The Balaban J connectivity index is 1.73. The summed E-state index contributed by atoms with van der Waals surface area (Å²) in [5, 5.41) is 3.23. The van der Waals surface area contributed by atoms with E-state index in [0.29, 0.717) is 0 Å². The third-order valence-corrected chi connectivity index (χ3v) is 6.72. The summed E-state index contributed by atoms with van der Waals surface area (Å²) in [5.74, 6) is 2.39. The lowest BCUT2D eigenvalue weighted by Crippen LogP contribution is -2.60. The van der Waals surface area contributed by atoms with Crippen molar-refractivity contribution in [2.75, 3.05) is 14.2 Å². The summed E-state index contributed by atoms with van der Waals surface area (Å²) in [6, 6.07) is 22.4. The zero-order chi connectivity index (χ0) is 22.3. The molecular formula is C27H27NO4. The van der Waals surface area contributed by atoms with Crippen molar-refractivity contribution in [3.05, 3.63) is 89.0 Å². The van der Waals surface area contributed by atoms with Crippen LogP contribution < -0.4 is 19.5 Å². The first-order valence-corrected chi connectivity index (χ1v) is 10.9. The van der Waals surface area contributed by atoms with Crippen LogP contribution in [0.2, 0.25) is 0 Å². The lowest BCUT2D eigenvalue weighted by Gasteiger charge is -2.52. The van der Waals surface area contributed by atoms with E-state index in [9.17, 15) is 4.79 Å². The highest BCUT2D eigenvalue weighted by molar-refractivity contribution is 5.74. The molecule has 0 radical (unpaired) electrons. The van der Waals surface area contributed by atoms with Crippen molar-refractivity contribution >= 4 is 5.91 Å². The van der Waals surface area contributed by atoms with Crippen molar-refractivity contribution in [3.63, 3.8) is 0 Å². The molecule has 1 heterocycles. The van der Waals surface area contributed by atoms with E-state index >= 15 is 0 Å². The molecule has 32 heavy (non-hydrogen) atoms. The fourth-order valence-electron chi connectivity index (χ4n) is 5.40. The molecular weight excluding hydrogens is 402 g/mol. The smallest absolute Gasteiger partial charge is 0.220 e. The SMILES string of the molecule is COc1ccc([C@@H]2c3ccccc3O[C@@]3(NC(C)=O)c4ccc(OC)cc4CC[C@@H]23)cc1. The summed E-state index contributed by atoms with van der Waals surface area (Å²) < 4.78 is 17.6. The normalized spacial score (nSPS) is 23.1. The molecule has 1 amide bonds. The highest BCUT2D eigenvalue weighted by Crippen LogP contribution is 2.55. The molecule has 0 spiro atoms. The van der Waals surface area contributed by atoms with Gasteiger partial charge >= 0.3 is 0 Å². The lowest BCUT2D eigenvalue weighted by molar-refractivity contribution is -0.132. The van der Waals surface area contributed by atoms with E-state index in [1.54, 1.807) is 21.1 Å². The molecule has 1 aliphatic heterocycles. The lowest BCUT2D eigenvalue weighted by atomic mass is 9.65. The van der Waals surface area contributed by atoms with Crippen molar-refractivity contribution in [1.29, 1.82) is 0 Å². The minimum absolute atomic E-state index is 0.0237. The number of carbonyl (C=O) groups is 1. The summed E-state index contributed by atoms with van der Waals surface area (Å²) in [6.07, 6.45) is 1.75. The molecule has 5 rings (SSSR count). The third kappa shape index (κ3) is 3.20. The molecule has 164 valence electrons. The zero-order valence-corrected chi connectivity index (χ0v) is 18.6. The molecule has 0 bridgehead atoms. The first-order valence-electron chi connectivity index (χ1n) is 10.9. The Morgan fingerprint density at radius 2 is 1.72 bits per heavy atom. The van der Waals surface area contributed by atoms with E-state index in [4.69, 9.17) is 14.2 Å². The Kier molecular flexibility index (Phi) is 5.04. The number of benzene rings is 3. The number of nitrogens with one attached hydrogen (secondary N) is 1. The number of fused-ring (bicyclic) bond motifs is 4. The number of rotatable bonds is 4. The summed E-state index contributed by atoms with van der Waals surface area (Å²) in [4.78, 5) is 12.5. The number of hydrogen-bond donors (Lipinski definition) is 1. The van der Waals surface area contributed by atoms with Gasteiger partial charge in [0.1, 0.15) is 17.2 Å². The average molecular weight is 430 g/mol. The Morgan fingerprint density at radius 1 is 1.00 bits per heavy atom. The van der Waals surface area contributed by atoms with E-state index in [1.165, 1.54) is 5.56 Å². The fraction of sp³-hybridized carbons (Fsp3) is 0.296. The maximum Gasteiger partial charge on any atom is 0.220 e. The van der Waals surface area contributed by atoms with Gasteiger partial charge in [-0.1, -0.05) is 30.3 Å². The molecule has 3 aromatic rings. The Labute approximate surface area is 188 Å². The monoisotopic (exact) mass is 429 g/mol. The summed E-state index contributed by atoms with van der Waals surface area (Å²) >= 11 is 0. The van der Waals surface area contributed by atoms with Crippen LogP contribution in [0.5, 0.6) is 17.2 Å². The highest BCUT2D eigenvalue weighted by Gasteiger charge is 2.54. The molecule has 1 N–H and O–H groups in total. The molecule has 5 nitrogen and oxygen atoms in total. The predicted octanol–water partition coefficient (Wildman–Crippen LogP) is 4.78. The first kappa shape index (κ1) is 20.4. The largest absolute Gasteiger partial charge is 0.497 e. The van der Waals surface area contributed by atoms with Crippen LogP contribution >= 0.6 is 0 Å². The maximum atomic E-state index is 12.5. The van der Waals surface area contributed by atoms with Crippen LogP contribution in [0.4, 0.5) is 0 Å². The van der Waals surface area contributed by atoms with Gasteiger partial charge in [0.25, 0.3) is 0 Å². The van der Waals surface area contributed by atoms with E-state index in [0.717, 1.165) is 46.8 Å². The number of amides is 1. The number of ether oxygens (including phenoxy) is 3. The molecule has 0 aromatic heterocycles. The Morgan fingerprint density at radius 3 is 2.44 bits per heavy atom. The third-order valence-electron chi connectivity index (χ3n) is 6.72. The van der Waals surface area contributed by atoms with Crippen molar-refractivity contribution < 1.29 is 19.0 Å². The van der Waals surface area contributed by atoms with Gasteiger partial charge in [-0.3, -0.25) is 4.79 Å². The van der Waals surface area contributed by atoms with Gasteiger partial charge in [0.15, 0.2) is 0 Å². The van der Waals surface area contributed by atoms with Gasteiger partial charge in [0, 0.05) is 29.9 Å². The van der Waals surface area contributed by atoms with Crippen molar-refractivity contribution in [2.24, 2.45) is 5.92 Å². The first-order chi connectivity index (χ1) is 15.6. The van der Waals surface area contributed by atoms with Crippen LogP contribution in [0, 0.1) is 5.92 Å². The number of aryl methyl sites for hydroxylation is 1. The average Bonchev–Trinajstić information content (AvgIpc) is 2.81. The molecule has 0 saturated heterocycles. The van der Waals surface area contributed by atoms with Crippen molar-refractivity contribution in [3.8, 4) is 17.2 Å². The van der Waals surface area contributed by atoms with Gasteiger partial charge in [-0.25, -0.2) is 0 Å². The van der Waals surface area contributed by atoms with Gasteiger partial charge < -0.3 is 19.5 Å². The van der Waals surface area contributed by atoms with E-state index < -0.39 is 5.72 Å². The second-order valence-corrected chi connectivity index (χ2v) is 8.48. The number of para-hydroxylation sites is 1. The van der Waals surface area contributed by atoms with E-state index in [-0.39, 0.29) is 17.7 Å². The second-order valence-electron chi connectivity index (χ2n) is 8.48. The Hall–Kier alpha value is -3.47. The second kappa shape index (κ2) is 7.90. The maximum absolute atomic E-state index is 12.5. The van der Waals surface area contributed by atoms with Gasteiger partial charge in [0.05, 0.1) is 14.2 Å². The molecule has 0 fully saturated rings. The molecule has 1 aliphatic carbocycles. The minimum Gasteiger partial charge on any atom is -0.497 e. The van der Waals surface area contributed by atoms with Crippen LogP contribution in [0.3, 0.4) is 0 Å². The predicted molar refractivity (Wildman–Crippen MR) is 122 cm³/mol. The van der Waals surface area contributed by atoms with Gasteiger partial charge in [0.2, 0.25) is 11.6 Å². The van der Waals surface area contributed by atoms with Crippen molar-refractivity contribution in [2.45, 2.75) is 31.4 Å². The van der Waals surface area contributed by atoms with Gasteiger partial charge in [-0.2, -0.15) is 0 Å². The van der Waals surface area contributed by atoms with Crippen LogP contribution in [0.25, 0.3) is 0 Å². The van der Waals surface area contributed by atoms with Gasteiger partial charge in [-0.05, 0) is 60.4 Å². The number of hydrogen-bond acceptors (Lipinski definition) is 4.